The molecule has 110 valence electrons. The lowest BCUT2D eigenvalue weighted by Crippen LogP contribution is -2.13. The van der Waals surface area contributed by atoms with E-state index in [0.29, 0.717) is 10.0 Å². The summed E-state index contributed by atoms with van der Waals surface area (Å²) in [5.74, 6) is 1.62. The van der Waals surface area contributed by atoms with Crippen LogP contribution in [0.3, 0.4) is 0 Å². The van der Waals surface area contributed by atoms with Crippen molar-refractivity contribution in [2.75, 3.05) is 0 Å². The third-order valence-electron chi connectivity index (χ3n) is 3.26. The maximum absolute atomic E-state index is 6.01. The molecule has 0 saturated carbocycles. The molecule has 5 heteroatoms. The highest BCUT2D eigenvalue weighted by atomic mass is 35.5. The zero-order valence-corrected chi connectivity index (χ0v) is 14.1. The molecule has 0 N–H and O–H groups in total. The van der Waals surface area contributed by atoms with Crippen molar-refractivity contribution in [3.63, 3.8) is 0 Å². The molecule has 21 heavy (non-hydrogen) atoms. The van der Waals surface area contributed by atoms with Gasteiger partial charge < -0.3 is 9.31 Å². The molecule has 0 unspecified atom stereocenters. The van der Waals surface area contributed by atoms with Crippen LogP contribution in [0.25, 0.3) is 0 Å². The smallest absolute Gasteiger partial charge is 0.528 e. The van der Waals surface area contributed by atoms with Gasteiger partial charge >= 0.3 is 7.69 Å². The molecule has 2 aromatic carbocycles. The zero-order valence-electron chi connectivity index (χ0n) is 12.6. The highest BCUT2D eigenvalue weighted by Gasteiger charge is 2.10. The van der Waals surface area contributed by atoms with E-state index in [2.05, 4.69) is 0 Å². The van der Waals surface area contributed by atoms with Gasteiger partial charge in [-0.15, -0.1) is 0 Å². The second kappa shape index (κ2) is 6.63. The fourth-order valence-electron chi connectivity index (χ4n) is 2.40. The summed E-state index contributed by atoms with van der Waals surface area (Å²) in [5.41, 5.74) is 3.97. The molecular formula is C16H17BCl2O2. The van der Waals surface area contributed by atoms with Crippen molar-refractivity contribution < 1.29 is 9.31 Å². The quantitative estimate of drug-likeness (QED) is 0.741. The van der Waals surface area contributed by atoms with Crippen LogP contribution >= 0.6 is 23.2 Å². The molecule has 0 atom stereocenters. The van der Waals surface area contributed by atoms with E-state index in [0.717, 1.165) is 33.8 Å². The fourth-order valence-corrected chi connectivity index (χ4v) is 3.05. The number of halogens is 2. The number of benzene rings is 2. The first-order valence-corrected chi connectivity index (χ1v) is 7.43. The summed E-state index contributed by atoms with van der Waals surface area (Å²) in [7, 11) is 0.145. The molecule has 2 nitrogen and oxygen atoms in total. The van der Waals surface area contributed by atoms with Crippen molar-refractivity contribution in [3.8, 4) is 11.5 Å². The van der Waals surface area contributed by atoms with Gasteiger partial charge in [0.05, 0.1) is 0 Å². The normalized spacial score (nSPS) is 10.4. The summed E-state index contributed by atoms with van der Waals surface area (Å²) in [6, 6.07) is 7.51. The van der Waals surface area contributed by atoms with Crippen molar-refractivity contribution >= 4 is 30.9 Å². The predicted molar refractivity (Wildman–Crippen MR) is 90.3 cm³/mol. The monoisotopic (exact) mass is 322 g/mol. The maximum atomic E-state index is 6.01. The first-order valence-electron chi connectivity index (χ1n) is 6.67. The number of rotatable bonds is 4. The van der Waals surface area contributed by atoms with E-state index in [4.69, 9.17) is 32.5 Å². The third kappa shape index (κ3) is 3.87. The molecule has 0 aromatic heterocycles. The number of aryl methyl sites for hydroxylation is 4. The van der Waals surface area contributed by atoms with Crippen LogP contribution in [0.5, 0.6) is 11.5 Å². The Balaban J connectivity index is 2.09. The van der Waals surface area contributed by atoms with Gasteiger partial charge in [0.25, 0.3) is 0 Å². The second-order valence-corrected chi connectivity index (χ2v) is 6.02. The van der Waals surface area contributed by atoms with Gasteiger partial charge in [0.1, 0.15) is 11.5 Å². The Kier molecular flexibility index (Phi) is 5.07. The van der Waals surface area contributed by atoms with E-state index < -0.39 is 0 Å². The summed E-state index contributed by atoms with van der Waals surface area (Å²) in [5, 5.41) is 1.42. The molecule has 0 aliphatic heterocycles. The molecular weight excluding hydrogens is 306 g/mol. The molecule has 0 saturated heterocycles. The summed E-state index contributed by atoms with van der Waals surface area (Å²) in [6.45, 7) is 7.86. The van der Waals surface area contributed by atoms with Crippen LogP contribution in [-0.4, -0.2) is 7.69 Å². The van der Waals surface area contributed by atoms with Crippen molar-refractivity contribution in [1.82, 2.24) is 0 Å². The third-order valence-corrected chi connectivity index (χ3v) is 3.69. The molecule has 2 rings (SSSR count). The Morgan fingerprint density at radius 3 is 1.24 bits per heavy atom. The van der Waals surface area contributed by atoms with Crippen molar-refractivity contribution in [2.45, 2.75) is 27.7 Å². The van der Waals surface area contributed by atoms with E-state index in [1.165, 1.54) is 0 Å². The topological polar surface area (TPSA) is 18.5 Å². The minimum atomic E-state index is 0.145. The van der Waals surface area contributed by atoms with Gasteiger partial charge in [0.15, 0.2) is 0 Å². The summed E-state index contributed by atoms with van der Waals surface area (Å²) in [6.07, 6.45) is 0. The van der Waals surface area contributed by atoms with Gasteiger partial charge in [-0.05, 0) is 74.2 Å². The largest absolute Gasteiger partial charge is 0.576 e. The minimum absolute atomic E-state index is 0.145. The van der Waals surface area contributed by atoms with E-state index in [9.17, 15) is 0 Å². The lowest BCUT2D eigenvalue weighted by molar-refractivity contribution is 0.451. The fraction of sp³-hybridized carbons (Fsp3) is 0.250. The average Bonchev–Trinajstić information content (AvgIpc) is 2.34. The summed E-state index contributed by atoms with van der Waals surface area (Å²) in [4.78, 5) is 0. The zero-order chi connectivity index (χ0) is 15.6. The van der Waals surface area contributed by atoms with Crippen molar-refractivity contribution in [3.05, 3.63) is 56.6 Å². The highest BCUT2D eigenvalue weighted by Crippen LogP contribution is 2.29. The number of hydrogen-bond donors (Lipinski definition) is 0. The van der Waals surface area contributed by atoms with Gasteiger partial charge in [-0.2, -0.15) is 0 Å². The predicted octanol–water partition coefficient (Wildman–Crippen LogP) is 4.95. The molecule has 0 spiro atoms. The van der Waals surface area contributed by atoms with E-state index in [1.54, 1.807) is 0 Å². The number of hydrogen-bond acceptors (Lipinski definition) is 2. The van der Waals surface area contributed by atoms with Crippen LogP contribution in [0.15, 0.2) is 24.3 Å². The first-order chi connectivity index (χ1) is 9.88. The van der Waals surface area contributed by atoms with Crippen LogP contribution in [0.1, 0.15) is 22.3 Å². The van der Waals surface area contributed by atoms with Crippen LogP contribution in [0, 0.1) is 27.7 Å². The lowest BCUT2D eigenvalue weighted by Gasteiger charge is -2.15. The Morgan fingerprint density at radius 2 is 0.952 bits per heavy atom. The van der Waals surface area contributed by atoms with Crippen LogP contribution in [0.4, 0.5) is 0 Å². The minimum Gasteiger partial charge on any atom is -0.528 e. The summed E-state index contributed by atoms with van der Waals surface area (Å²) >= 11 is 12.0. The SMILES string of the molecule is Cc1cc(Cl)cc(C)c1OBOc1c(C)cc(Cl)cc1C. The first kappa shape index (κ1) is 16.1. The molecule has 0 aliphatic carbocycles. The molecule has 0 aliphatic rings. The van der Waals surface area contributed by atoms with E-state index >= 15 is 0 Å². The van der Waals surface area contributed by atoms with Crippen LogP contribution in [0.2, 0.25) is 10.0 Å². The van der Waals surface area contributed by atoms with Crippen LogP contribution in [-0.2, 0) is 0 Å². The van der Waals surface area contributed by atoms with Gasteiger partial charge in [0.2, 0.25) is 0 Å². The molecule has 0 amide bonds. The van der Waals surface area contributed by atoms with Crippen LogP contribution < -0.4 is 9.31 Å². The van der Waals surface area contributed by atoms with Gasteiger partial charge in [0, 0.05) is 10.0 Å². The average molecular weight is 323 g/mol. The molecule has 0 radical (unpaired) electrons. The lowest BCUT2D eigenvalue weighted by atomic mass is 10.1. The van der Waals surface area contributed by atoms with Gasteiger partial charge in [-0.25, -0.2) is 0 Å². The van der Waals surface area contributed by atoms with Crippen molar-refractivity contribution in [2.24, 2.45) is 0 Å². The molecule has 0 fully saturated rings. The Hall–Kier alpha value is -1.32. The van der Waals surface area contributed by atoms with Gasteiger partial charge in [-0.1, -0.05) is 23.2 Å². The van der Waals surface area contributed by atoms with Gasteiger partial charge in [-0.3, -0.25) is 0 Å². The van der Waals surface area contributed by atoms with Crippen molar-refractivity contribution in [1.29, 1.82) is 0 Å². The molecule has 0 bridgehead atoms. The van der Waals surface area contributed by atoms with E-state index in [1.807, 2.05) is 52.0 Å². The standard InChI is InChI=1S/C16H17BCl2O2/c1-9-5-13(18)6-10(2)15(9)20-17-21-16-11(3)7-14(19)8-12(16)4/h5-8,17H,1-4H3. The Morgan fingerprint density at radius 1 is 0.667 bits per heavy atom. The Bertz CT molecular complexity index is 568. The maximum Gasteiger partial charge on any atom is 0.576 e. The van der Waals surface area contributed by atoms with E-state index in [-0.39, 0.29) is 7.69 Å². The molecule has 2 aromatic rings. The second-order valence-electron chi connectivity index (χ2n) is 5.14. The summed E-state index contributed by atoms with van der Waals surface area (Å²) < 4.78 is 11.5. The Labute approximate surface area is 136 Å². The highest BCUT2D eigenvalue weighted by molar-refractivity contribution is 6.31. The molecule has 0 heterocycles.